The number of benzene rings is 1. The van der Waals surface area contributed by atoms with Crippen LogP contribution in [-0.2, 0) is 9.53 Å². The number of esters is 1. The molecule has 1 atom stereocenters. The number of allylic oxidation sites excluding steroid dienone is 6. The molecular weight excluding hydrogens is 339 g/mol. The van der Waals surface area contributed by atoms with Crippen LogP contribution in [0.3, 0.4) is 0 Å². The Labute approximate surface area is 159 Å². The lowest BCUT2D eigenvalue weighted by atomic mass is 10.4. The Hall–Kier alpha value is -1.66. The van der Waals surface area contributed by atoms with Gasteiger partial charge in [0.05, 0.1) is 17.2 Å². The summed E-state index contributed by atoms with van der Waals surface area (Å²) in [5.74, 6) is -0.0155. The summed E-state index contributed by atoms with van der Waals surface area (Å²) in [6, 6.07) is 10.7. The summed E-state index contributed by atoms with van der Waals surface area (Å²) in [5.41, 5.74) is 0. The fraction of sp³-hybridized carbons (Fsp3) is 0.435. The first-order valence-electron chi connectivity index (χ1n) is 9.63. The van der Waals surface area contributed by atoms with Gasteiger partial charge in [-0.05, 0) is 52.0 Å². The van der Waals surface area contributed by atoms with E-state index in [1.807, 2.05) is 26.0 Å². The maximum atomic E-state index is 13.2. The molecule has 2 rings (SSSR count). The van der Waals surface area contributed by atoms with E-state index >= 15 is 0 Å². The van der Waals surface area contributed by atoms with E-state index in [9.17, 15) is 4.79 Å². The zero-order chi connectivity index (χ0) is 19.2. The minimum absolute atomic E-state index is 0.0155. The van der Waals surface area contributed by atoms with Crippen LogP contribution in [0.5, 0.6) is 0 Å². The molecule has 1 fully saturated rings. The SMILES string of the molecule is C/C=C\C=C(/C)[P+](/C(=C/C)CC)(c1ccccc1)C1(C(=O)OCC)CC1. The topological polar surface area (TPSA) is 26.3 Å². The van der Waals surface area contributed by atoms with Gasteiger partial charge >= 0.3 is 5.97 Å². The van der Waals surface area contributed by atoms with Gasteiger partial charge in [0.15, 0.2) is 5.16 Å². The van der Waals surface area contributed by atoms with Crippen LogP contribution in [0.25, 0.3) is 0 Å². The lowest BCUT2D eigenvalue weighted by Crippen LogP contribution is -2.35. The van der Waals surface area contributed by atoms with E-state index < -0.39 is 12.4 Å². The Bertz CT molecular complexity index is 711. The van der Waals surface area contributed by atoms with Gasteiger partial charge in [-0.3, -0.25) is 0 Å². The summed E-state index contributed by atoms with van der Waals surface area (Å²) >= 11 is 0. The maximum absolute atomic E-state index is 13.2. The average molecular weight is 371 g/mol. The molecule has 1 saturated carbocycles. The van der Waals surface area contributed by atoms with Crippen molar-refractivity contribution in [2.75, 3.05) is 6.61 Å². The van der Waals surface area contributed by atoms with E-state index in [2.05, 4.69) is 63.3 Å². The number of carbonyl (C=O) groups excluding carboxylic acids is 1. The van der Waals surface area contributed by atoms with Gasteiger partial charge in [-0.2, -0.15) is 0 Å². The molecule has 0 aliphatic heterocycles. The Balaban J connectivity index is 2.84. The van der Waals surface area contributed by atoms with Gasteiger partial charge < -0.3 is 4.74 Å². The van der Waals surface area contributed by atoms with Crippen LogP contribution in [0.4, 0.5) is 0 Å². The minimum Gasteiger partial charge on any atom is -0.463 e. The van der Waals surface area contributed by atoms with Crippen LogP contribution in [0.2, 0.25) is 0 Å². The van der Waals surface area contributed by atoms with Crippen LogP contribution in [0.1, 0.15) is 53.9 Å². The highest BCUT2D eigenvalue weighted by Gasteiger charge is 2.75. The quantitative estimate of drug-likeness (QED) is 0.308. The third-order valence-electron chi connectivity index (χ3n) is 5.35. The highest BCUT2D eigenvalue weighted by molar-refractivity contribution is 7.92. The molecule has 140 valence electrons. The van der Waals surface area contributed by atoms with Crippen LogP contribution >= 0.6 is 7.26 Å². The highest BCUT2D eigenvalue weighted by atomic mass is 31.2. The summed E-state index contributed by atoms with van der Waals surface area (Å²) in [7, 11) is -2.06. The normalized spacial score (nSPS) is 19.3. The molecule has 2 nitrogen and oxygen atoms in total. The van der Waals surface area contributed by atoms with Gasteiger partial charge in [0.1, 0.15) is 12.6 Å². The van der Waals surface area contributed by atoms with Gasteiger partial charge in [0.2, 0.25) is 0 Å². The first-order chi connectivity index (χ1) is 12.5. The lowest BCUT2D eigenvalue weighted by Gasteiger charge is -2.35. The van der Waals surface area contributed by atoms with Crippen molar-refractivity contribution < 1.29 is 9.53 Å². The molecule has 0 saturated heterocycles. The Morgan fingerprint density at radius 1 is 1.19 bits per heavy atom. The second-order valence-electron chi connectivity index (χ2n) is 6.73. The van der Waals surface area contributed by atoms with Gasteiger partial charge in [0, 0.05) is 19.3 Å². The molecule has 0 heterocycles. The summed E-state index contributed by atoms with van der Waals surface area (Å²) in [4.78, 5) is 13.2. The largest absolute Gasteiger partial charge is 0.463 e. The first-order valence-corrected chi connectivity index (χ1v) is 11.4. The number of hydrogen-bond acceptors (Lipinski definition) is 2. The predicted octanol–water partition coefficient (Wildman–Crippen LogP) is 6.22. The van der Waals surface area contributed by atoms with Crippen molar-refractivity contribution in [1.82, 2.24) is 0 Å². The molecule has 1 aliphatic carbocycles. The smallest absolute Gasteiger partial charge is 0.351 e. The van der Waals surface area contributed by atoms with E-state index in [-0.39, 0.29) is 5.97 Å². The van der Waals surface area contributed by atoms with E-state index in [0.717, 1.165) is 19.3 Å². The van der Waals surface area contributed by atoms with Crippen molar-refractivity contribution in [2.24, 2.45) is 0 Å². The fourth-order valence-corrected chi connectivity index (χ4v) is 9.97. The maximum Gasteiger partial charge on any atom is 0.351 e. The number of ether oxygens (including phenoxy) is 1. The Morgan fingerprint density at radius 3 is 2.31 bits per heavy atom. The molecule has 0 N–H and O–H groups in total. The second kappa shape index (κ2) is 8.82. The zero-order valence-corrected chi connectivity index (χ0v) is 17.7. The van der Waals surface area contributed by atoms with Gasteiger partial charge in [-0.1, -0.05) is 37.3 Å². The zero-order valence-electron chi connectivity index (χ0n) is 16.8. The second-order valence-corrected chi connectivity index (χ2v) is 10.7. The summed E-state index contributed by atoms with van der Waals surface area (Å²) in [5, 5.41) is 3.60. The van der Waals surface area contributed by atoms with Crippen LogP contribution in [-0.4, -0.2) is 17.7 Å². The lowest BCUT2D eigenvalue weighted by molar-refractivity contribution is -0.143. The third-order valence-corrected chi connectivity index (χ3v) is 11.0. The number of rotatable bonds is 8. The fourth-order valence-electron chi connectivity index (χ4n) is 4.15. The van der Waals surface area contributed by atoms with Gasteiger partial charge in [-0.25, -0.2) is 4.79 Å². The standard InChI is InChI=1S/C23H32O2P/c1-6-10-14-19(5)26(20(7-2)8-3,21-15-12-11-13-16-21)23(17-18-23)22(24)25-9-4/h6-7,10-16H,8-9,17-18H2,1-5H3/q+1/b10-6-,19-14+,20-7+. The summed E-state index contributed by atoms with van der Waals surface area (Å²) in [6.45, 7) is 10.9. The molecule has 1 aliphatic rings. The monoisotopic (exact) mass is 371 g/mol. The molecule has 0 spiro atoms. The van der Waals surface area contributed by atoms with Crippen molar-refractivity contribution in [1.29, 1.82) is 0 Å². The average Bonchev–Trinajstić information content (AvgIpc) is 3.47. The molecule has 26 heavy (non-hydrogen) atoms. The van der Waals surface area contributed by atoms with Crippen molar-refractivity contribution in [3.8, 4) is 0 Å². The van der Waals surface area contributed by atoms with Crippen LogP contribution < -0.4 is 5.30 Å². The molecular formula is C23H32O2P+. The first kappa shape index (κ1) is 20.6. The van der Waals surface area contributed by atoms with Crippen molar-refractivity contribution in [3.63, 3.8) is 0 Å². The van der Waals surface area contributed by atoms with Gasteiger partial charge in [-0.15, -0.1) is 0 Å². The van der Waals surface area contributed by atoms with Gasteiger partial charge in [0.25, 0.3) is 0 Å². The van der Waals surface area contributed by atoms with Crippen molar-refractivity contribution >= 4 is 18.5 Å². The van der Waals surface area contributed by atoms with E-state index in [1.165, 1.54) is 15.9 Å². The molecule has 0 radical (unpaired) electrons. The molecule has 0 aromatic heterocycles. The van der Waals surface area contributed by atoms with Crippen LogP contribution in [0, 0.1) is 0 Å². The third kappa shape index (κ3) is 3.32. The Morgan fingerprint density at radius 2 is 1.85 bits per heavy atom. The summed E-state index contributed by atoms with van der Waals surface area (Å²) < 4.78 is 5.61. The number of hydrogen-bond donors (Lipinski definition) is 0. The molecule has 3 heteroatoms. The molecule has 1 aromatic rings. The van der Waals surface area contributed by atoms with E-state index in [0.29, 0.717) is 6.61 Å². The molecule has 1 aromatic carbocycles. The highest BCUT2D eigenvalue weighted by Crippen LogP contribution is 2.86. The molecule has 0 amide bonds. The summed E-state index contributed by atoms with van der Waals surface area (Å²) in [6.07, 6.45) is 11.4. The Kier molecular flexibility index (Phi) is 7.01. The van der Waals surface area contributed by atoms with Crippen LogP contribution in [0.15, 0.2) is 65.3 Å². The van der Waals surface area contributed by atoms with E-state index in [4.69, 9.17) is 4.74 Å². The van der Waals surface area contributed by atoms with Crippen molar-refractivity contribution in [2.45, 2.75) is 59.0 Å². The number of carbonyl (C=O) groups is 1. The molecule has 0 bridgehead atoms. The minimum atomic E-state index is -2.06. The molecule has 1 unspecified atom stereocenters. The predicted molar refractivity (Wildman–Crippen MR) is 114 cm³/mol. The van der Waals surface area contributed by atoms with E-state index in [1.54, 1.807) is 0 Å². The van der Waals surface area contributed by atoms with Crippen molar-refractivity contribution in [3.05, 3.63) is 65.3 Å².